The van der Waals surface area contributed by atoms with Crippen LogP contribution in [0.5, 0.6) is 0 Å². The third kappa shape index (κ3) is 2.25. The van der Waals surface area contributed by atoms with Crippen LogP contribution in [0.25, 0.3) is 5.76 Å². The summed E-state index contributed by atoms with van der Waals surface area (Å²) in [5, 5.41) is 20.4. The molecule has 110 valence electrons. The maximum absolute atomic E-state index is 12.3. The third-order valence-electron chi connectivity index (χ3n) is 3.77. The number of hydrogen-bond donors (Lipinski definition) is 2. The van der Waals surface area contributed by atoms with Gasteiger partial charge in [-0.2, -0.15) is 0 Å². The first-order valence-corrected chi connectivity index (χ1v) is 6.39. The van der Waals surface area contributed by atoms with Crippen LogP contribution in [0, 0.1) is 5.41 Å². The van der Waals surface area contributed by atoms with Gasteiger partial charge in [0.15, 0.2) is 0 Å². The Labute approximate surface area is 122 Å². The number of esters is 1. The van der Waals surface area contributed by atoms with Crippen molar-refractivity contribution in [2.45, 2.75) is 12.5 Å². The van der Waals surface area contributed by atoms with Gasteiger partial charge in [-0.15, -0.1) is 6.58 Å². The van der Waals surface area contributed by atoms with Crippen molar-refractivity contribution in [3.63, 3.8) is 0 Å². The molecule has 21 heavy (non-hydrogen) atoms. The lowest BCUT2D eigenvalue weighted by molar-refractivity contribution is -0.160. The van der Waals surface area contributed by atoms with E-state index >= 15 is 0 Å². The Balaban J connectivity index is 2.39. The molecule has 1 saturated heterocycles. The summed E-state index contributed by atoms with van der Waals surface area (Å²) >= 11 is 0. The lowest BCUT2D eigenvalue weighted by Crippen LogP contribution is -2.53. The minimum Gasteiger partial charge on any atom is -0.507 e. The van der Waals surface area contributed by atoms with Gasteiger partial charge in [-0.1, -0.05) is 36.4 Å². The van der Waals surface area contributed by atoms with Crippen molar-refractivity contribution in [3.05, 3.63) is 54.6 Å². The van der Waals surface area contributed by atoms with E-state index in [1.165, 1.54) is 13.0 Å². The summed E-state index contributed by atoms with van der Waals surface area (Å²) in [6.45, 7) is 4.89. The number of hydrogen-bond acceptors (Lipinski definition) is 5. The fourth-order valence-corrected chi connectivity index (χ4v) is 2.17. The maximum Gasteiger partial charge on any atom is 0.347 e. The van der Waals surface area contributed by atoms with Gasteiger partial charge in [-0.3, -0.25) is 4.79 Å². The highest BCUT2D eigenvalue weighted by Gasteiger charge is 2.62. The molecule has 0 aliphatic carbocycles. The third-order valence-corrected chi connectivity index (χ3v) is 3.77. The molecule has 1 aromatic rings. The molecular formula is C16H16O5. The molecule has 5 heteroatoms. The van der Waals surface area contributed by atoms with E-state index in [-0.39, 0.29) is 12.4 Å². The molecular weight excluding hydrogens is 272 g/mol. The second-order valence-electron chi connectivity index (χ2n) is 5.17. The van der Waals surface area contributed by atoms with E-state index in [0.29, 0.717) is 5.56 Å². The lowest BCUT2D eigenvalue weighted by Gasteiger charge is -2.29. The Morgan fingerprint density at radius 1 is 1.38 bits per heavy atom. The fraction of sp³-hybridized carbons (Fsp3) is 0.250. The molecule has 1 aromatic carbocycles. The summed E-state index contributed by atoms with van der Waals surface area (Å²) in [5.41, 5.74) is -3.22. The van der Waals surface area contributed by atoms with Crippen molar-refractivity contribution in [1.82, 2.24) is 0 Å². The normalized spacial score (nSPS) is 29.0. The first-order chi connectivity index (χ1) is 9.85. The average Bonchev–Trinajstić information content (AvgIpc) is 2.74. The van der Waals surface area contributed by atoms with E-state index in [4.69, 9.17) is 4.74 Å². The van der Waals surface area contributed by atoms with Crippen LogP contribution in [0.4, 0.5) is 0 Å². The van der Waals surface area contributed by atoms with Crippen LogP contribution in [0.15, 0.2) is 49.1 Å². The highest BCUT2D eigenvalue weighted by atomic mass is 16.6. The number of aliphatic hydroxyl groups excluding tert-OH is 1. The largest absolute Gasteiger partial charge is 0.507 e. The molecule has 0 bridgehead atoms. The van der Waals surface area contributed by atoms with Crippen LogP contribution in [0.1, 0.15) is 12.5 Å². The zero-order valence-electron chi connectivity index (χ0n) is 11.6. The molecule has 1 aliphatic heterocycles. The molecule has 2 N–H and O–H groups in total. The monoisotopic (exact) mass is 288 g/mol. The maximum atomic E-state index is 12.3. The van der Waals surface area contributed by atoms with Crippen LogP contribution >= 0.6 is 0 Å². The van der Waals surface area contributed by atoms with Crippen molar-refractivity contribution >= 4 is 17.5 Å². The Bertz CT molecular complexity index is 619. The number of benzene rings is 1. The van der Waals surface area contributed by atoms with Crippen molar-refractivity contribution in [3.8, 4) is 0 Å². The summed E-state index contributed by atoms with van der Waals surface area (Å²) in [7, 11) is 0. The molecule has 1 fully saturated rings. The standard InChI is InChI=1S/C16H16O5/c1-3-15(2)10-21-14(19)16(15,20)13(18)9-12(17)11-7-5-4-6-8-11/h3-9,17,20H,1,10H2,2H3/b12-9-. The van der Waals surface area contributed by atoms with Gasteiger partial charge in [0, 0.05) is 11.6 Å². The number of ether oxygens (including phenoxy) is 1. The first kappa shape index (κ1) is 15.0. The van der Waals surface area contributed by atoms with Crippen molar-refractivity contribution < 1.29 is 24.5 Å². The molecule has 0 spiro atoms. The van der Waals surface area contributed by atoms with Crippen molar-refractivity contribution in [2.75, 3.05) is 6.61 Å². The second kappa shape index (κ2) is 5.18. The van der Waals surface area contributed by atoms with Gasteiger partial charge in [0.1, 0.15) is 12.4 Å². The molecule has 0 amide bonds. The SMILES string of the molecule is C=CC1(C)COC(=O)C1(O)C(=O)/C=C(\O)c1ccccc1. The Hall–Kier alpha value is -2.40. The van der Waals surface area contributed by atoms with E-state index < -0.39 is 22.8 Å². The van der Waals surface area contributed by atoms with Gasteiger partial charge in [-0.25, -0.2) is 4.79 Å². The molecule has 5 nitrogen and oxygen atoms in total. The highest BCUT2D eigenvalue weighted by molar-refractivity contribution is 6.16. The molecule has 2 atom stereocenters. The first-order valence-electron chi connectivity index (χ1n) is 6.39. The van der Waals surface area contributed by atoms with Gasteiger partial charge < -0.3 is 14.9 Å². The summed E-state index contributed by atoms with van der Waals surface area (Å²) in [6, 6.07) is 8.34. The second-order valence-corrected chi connectivity index (χ2v) is 5.17. The van der Waals surface area contributed by atoms with Crippen LogP contribution < -0.4 is 0 Å². The lowest BCUT2D eigenvalue weighted by atomic mass is 9.73. The molecule has 2 rings (SSSR count). The number of aliphatic hydroxyl groups is 2. The van der Waals surface area contributed by atoms with Gasteiger partial charge in [-0.05, 0) is 6.92 Å². The predicted octanol–water partition coefficient (Wildman–Crippen LogP) is 1.63. The van der Waals surface area contributed by atoms with E-state index in [1.807, 2.05) is 0 Å². The number of ketones is 1. The van der Waals surface area contributed by atoms with Gasteiger partial charge in [0.25, 0.3) is 0 Å². The van der Waals surface area contributed by atoms with Gasteiger partial charge in [0.05, 0.1) is 5.41 Å². The summed E-state index contributed by atoms with van der Waals surface area (Å²) in [4.78, 5) is 24.1. The Morgan fingerprint density at radius 2 is 2.00 bits per heavy atom. The van der Waals surface area contributed by atoms with E-state index in [0.717, 1.165) is 6.08 Å². The molecule has 1 aliphatic rings. The molecule has 0 saturated carbocycles. The van der Waals surface area contributed by atoms with E-state index in [9.17, 15) is 19.8 Å². The number of carbonyl (C=O) groups is 2. The summed E-state index contributed by atoms with van der Waals surface area (Å²) < 4.78 is 4.79. The molecule has 1 heterocycles. The zero-order valence-corrected chi connectivity index (χ0v) is 11.6. The predicted molar refractivity (Wildman–Crippen MR) is 76.3 cm³/mol. The minimum atomic E-state index is -2.38. The number of cyclic esters (lactones) is 1. The smallest absolute Gasteiger partial charge is 0.347 e. The Kier molecular flexibility index (Phi) is 3.70. The number of carbonyl (C=O) groups excluding carboxylic acids is 2. The number of rotatable bonds is 4. The van der Waals surface area contributed by atoms with Crippen molar-refractivity contribution in [1.29, 1.82) is 0 Å². The Morgan fingerprint density at radius 3 is 2.57 bits per heavy atom. The molecule has 2 unspecified atom stereocenters. The fourth-order valence-electron chi connectivity index (χ4n) is 2.17. The zero-order chi connectivity index (χ0) is 15.7. The molecule has 0 aromatic heterocycles. The van der Waals surface area contributed by atoms with Gasteiger partial charge >= 0.3 is 5.97 Å². The van der Waals surface area contributed by atoms with Crippen molar-refractivity contribution in [2.24, 2.45) is 5.41 Å². The van der Waals surface area contributed by atoms with Crippen LogP contribution in [0.3, 0.4) is 0 Å². The summed E-state index contributed by atoms with van der Waals surface area (Å²) in [5.74, 6) is -2.30. The van der Waals surface area contributed by atoms with Crippen LogP contribution in [0.2, 0.25) is 0 Å². The van der Waals surface area contributed by atoms with E-state index in [2.05, 4.69) is 6.58 Å². The minimum absolute atomic E-state index is 0.141. The van der Waals surface area contributed by atoms with Crippen LogP contribution in [-0.4, -0.2) is 34.2 Å². The topological polar surface area (TPSA) is 83.8 Å². The van der Waals surface area contributed by atoms with Crippen LogP contribution in [-0.2, 0) is 14.3 Å². The molecule has 0 radical (unpaired) electrons. The summed E-state index contributed by atoms with van der Waals surface area (Å²) in [6.07, 6.45) is 2.15. The quantitative estimate of drug-likeness (QED) is 0.289. The van der Waals surface area contributed by atoms with Gasteiger partial charge in [0.2, 0.25) is 11.4 Å². The average molecular weight is 288 g/mol. The van der Waals surface area contributed by atoms with E-state index in [1.54, 1.807) is 30.3 Å². The highest BCUT2D eigenvalue weighted by Crippen LogP contribution is 2.41.